The average Bonchev–Trinajstić information content (AvgIpc) is 2.73. The first-order valence-corrected chi connectivity index (χ1v) is 7.37. The molecule has 1 aliphatic heterocycles. The number of carbonyl (C=O) groups excluding carboxylic acids is 1. The Morgan fingerprint density at radius 3 is 2.35 bits per heavy atom. The van der Waals surface area contributed by atoms with Crippen LogP contribution in [0.3, 0.4) is 0 Å². The standard InChI is InChI=1S/C16H24N2O.ClH/c19-16(17-14-15-8-4-3-5-9-15)10-13-18-11-6-1-2-7-12-18;/h3-5,8-9H,1-2,6-7,10-14H2,(H,17,19);1H. The zero-order valence-corrected chi connectivity index (χ0v) is 12.8. The smallest absolute Gasteiger partial charge is 0.221 e. The summed E-state index contributed by atoms with van der Waals surface area (Å²) < 4.78 is 0. The van der Waals surface area contributed by atoms with Crippen molar-refractivity contribution in [3.8, 4) is 0 Å². The van der Waals surface area contributed by atoms with E-state index >= 15 is 0 Å². The van der Waals surface area contributed by atoms with Crippen molar-refractivity contribution in [1.29, 1.82) is 0 Å². The minimum atomic E-state index is 0. The maximum atomic E-state index is 11.8. The molecule has 20 heavy (non-hydrogen) atoms. The Hall–Kier alpha value is -1.06. The molecule has 112 valence electrons. The van der Waals surface area contributed by atoms with Crippen LogP contribution in [0.15, 0.2) is 30.3 Å². The van der Waals surface area contributed by atoms with Gasteiger partial charge in [0, 0.05) is 19.5 Å². The summed E-state index contributed by atoms with van der Waals surface area (Å²) in [5.41, 5.74) is 1.16. The lowest BCUT2D eigenvalue weighted by Crippen LogP contribution is -2.31. The molecule has 0 aliphatic carbocycles. The predicted molar refractivity (Wildman–Crippen MR) is 85.1 cm³/mol. The largest absolute Gasteiger partial charge is 0.352 e. The van der Waals surface area contributed by atoms with E-state index in [1.807, 2.05) is 30.3 Å². The quantitative estimate of drug-likeness (QED) is 0.906. The maximum absolute atomic E-state index is 11.8. The number of halogens is 1. The average molecular weight is 297 g/mol. The Balaban J connectivity index is 0.00000200. The molecule has 1 aromatic carbocycles. The Morgan fingerprint density at radius 1 is 1.05 bits per heavy atom. The molecule has 0 radical (unpaired) electrons. The van der Waals surface area contributed by atoms with Gasteiger partial charge in [-0.15, -0.1) is 12.4 Å². The molecular formula is C16H25ClN2O. The highest BCUT2D eigenvalue weighted by atomic mass is 35.5. The summed E-state index contributed by atoms with van der Waals surface area (Å²) in [5, 5.41) is 2.99. The highest BCUT2D eigenvalue weighted by Gasteiger charge is 2.10. The van der Waals surface area contributed by atoms with Crippen molar-refractivity contribution in [1.82, 2.24) is 10.2 Å². The van der Waals surface area contributed by atoms with Crippen molar-refractivity contribution in [2.45, 2.75) is 38.6 Å². The molecule has 1 amide bonds. The van der Waals surface area contributed by atoms with Crippen molar-refractivity contribution in [3.05, 3.63) is 35.9 Å². The van der Waals surface area contributed by atoms with Crippen LogP contribution in [0.1, 0.15) is 37.7 Å². The third-order valence-electron chi connectivity index (χ3n) is 3.69. The number of amides is 1. The van der Waals surface area contributed by atoms with Crippen molar-refractivity contribution in [3.63, 3.8) is 0 Å². The van der Waals surface area contributed by atoms with E-state index in [4.69, 9.17) is 0 Å². The van der Waals surface area contributed by atoms with E-state index in [0.29, 0.717) is 13.0 Å². The topological polar surface area (TPSA) is 32.3 Å². The fourth-order valence-electron chi connectivity index (χ4n) is 2.50. The minimum Gasteiger partial charge on any atom is -0.352 e. The lowest BCUT2D eigenvalue weighted by molar-refractivity contribution is -0.121. The second-order valence-electron chi connectivity index (χ2n) is 5.27. The van der Waals surface area contributed by atoms with Gasteiger partial charge in [-0.3, -0.25) is 4.79 Å². The third-order valence-corrected chi connectivity index (χ3v) is 3.69. The maximum Gasteiger partial charge on any atom is 0.221 e. The fraction of sp³-hybridized carbons (Fsp3) is 0.562. The van der Waals surface area contributed by atoms with Crippen LogP contribution in [0.2, 0.25) is 0 Å². The van der Waals surface area contributed by atoms with E-state index < -0.39 is 0 Å². The zero-order chi connectivity index (χ0) is 13.3. The minimum absolute atomic E-state index is 0. The Labute approximate surface area is 128 Å². The van der Waals surface area contributed by atoms with Crippen LogP contribution in [0, 0.1) is 0 Å². The van der Waals surface area contributed by atoms with Crippen LogP contribution in [0.25, 0.3) is 0 Å². The van der Waals surface area contributed by atoms with Crippen LogP contribution in [0.5, 0.6) is 0 Å². The summed E-state index contributed by atoms with van der Waals surface area (Å²) in [5.74, 6) is 0.160. The number of nitrogens with one attached hydrogen (secondary N) is 1. The van der Waals surface area contributed by atoms with Crippen LogP contribution in [0.4, 0.5) is 0 Å². The molecule has 0 unspecified atom stereocenters. The number of carbonyl (C=O) groups is 1. The molecule has 0 saturated carbocycles. The first-order chi connectivity index (χ1) is 9.34. The first-order valence-electron chi connectivity index (χ1n) is 7.37. The zero-order valence-electron chi connectivity index (χ0n) is 12.0. The molecule has 0 atom stereocenters. The van der Waals surface area contributed by atoms with Crippen LogP contribution in [-0.2, 0) is 11.3 Å². The Kier molecular flexibility index (Phi) is 8.31. The molecule has 1 fully saturated rings. The van der Waals surface area contributed by atoms with Crippen molar-refractivity contribution >= 4 is 18.3 Å². The fourth-order valence-corrected chi connectivity index (χ4v) is 2.50. The molecule has 1 saturated heterocycles. The highest BCUT2D eigenvalue weighted by Crippen LogP contribution is 2.09. The summed E-state index contributed by atoms with van der Waals surface area (Å²) in [4.78, 5) is 14.2. The molecule has 0 bridgehead atoms. The summed E-state index contributed by atoms with van der Waals surface area (Å²) in [6, 6.07) is 10.1. The van der Waals surface area contributed by atoms with Gasteiger partial charge in [0.1, 0.15) is 0 Å². The lowest BCUT2D eigenvalue weighted by Gasteiger charge is -2.19. The van der Waals surface area contributed by atoms with Gasteiger partial charge >= 0.3 is 0 Å². The molecule has 1 heterocycles. The van der Waals surface area contributed by atoms with Gasteiger partial charge in [-0.2, -0.15) is 0 Å². The summed E-state index contributed by atoms with van der Waals surface area (Å²) in [6.45, 7) is 3.86. The van der Waals surface area contributed by atoms with Gasteiger partial charge in [0.05, 0.1) is 0 Å². The van der Waals surface area contributed by atoms with Gasteiger partial charge in [0.25, 0.3) is 0 Å². The number of likely N-dealkylation sites (tertiary alicyclic amines) is 1. The Morgan fingerprint density at radius 2 is 1.70 bits per heavy atom. The normalized spacial score (nSPS) is 16.0. The number of hydrogen-bond donors (Lipinski definition) is 1. The van der Waals surface area contributed by atoms with Gasteiger partial charge in [0.2, 0.25) is 5.91 Å². The van der Waals surface area contributed by atoms with Crippen molar-refractivity contribution in [2.24, 2.45) is 0 Å². The number of nitrogens with zero attached hydrogens (tertiary/aromatic N) is 1. The lowest BCUT2D eigenvalue weighted by atomic mass is 10.2. The number of hydrogen-bond acceptors (Lipinski definition) is 2. The van der Waals surface area contributed by atoms with E-state index in [0.717, 1.165) is 25.2 Å². The van der Waals surface area contributed by atoms with Crippen LogP contribution in [-0.4, -0.2) is 30.4 Å². The summed E-state index contributed by atoms with van der Waals surface area (Å²) in [6.07, 6.45) is 5.87. The second kappa shape index (κ2) is 9.78. The van der Waals surface area contributed by atoms with Gasteiger partial charge in [-0.25, -0.2) is 0 Å². The molecule has 2 rings (SSSR count). The van der Waals surface area contributed by atoms with Crippen LogP contribution >= 0.6 is 12.4 Å². The first kappa shape index (κ1) is 17.0. The number of rotatable bonds is 5. The summed E-state index contributed by atoms with van der Waals surface area (Å²) >= 11 is 0. The Bertz CT molecular complexity index is 375. The monoisotopic (exact) mass is 296 g/mol. The molecule has 3 nitrogen and oxygen atoms in total. The molecule has 1 N–H and O–H groups in total. The molecule has 4 heteroatoms. The van der Waals surface area contributed by atoms with Crippen LogP contribution < -0.4 is 5.32 Å². The van der Waals surface area contributed by atoms with E-state index in [9.17, 15) is 4.79 Å². The molecule has 0 spiro atoms. The van der Waals surface area contributed by atoms with Gasteiger partial charge in [0.15, 0.2) is 0 Å². The SMILES string of the molecule is Cl.O=C(CCN1CCCCCC1)NCc1ccccc1. The highest BCUT2D eigenvalue weighted by molar-refractivity contribution is 5.85. The van der Waals surface area contributed by atoms with E-state index in [1.54, 1.807) is 0 Å². The van der Waals surface area contributed by atoms with Gasteiger partial charge in [-0.05, 0) is 31.5 Å². The molecule has 1 aliphatic rings. The second-order valence-corrected chi connectivity index (χ2v) is 5.27. The van der Waals surface area contributed by atoms with Gasteiger partial charge < -0.3 is 10.2 Å². The van der Waals surface area contributed by atoms with Gasteiger partial charge in [-0.1, -0.05) is 43.2 Å². The van der Waals surface area contributed by atoms with E-state index in [2.05, 4.69) is 10.2 Å². The van der Waals surface area contributed by atoms with E-state index in [-0.39, 0.29) is 18.3 Å². The molecule has 1 aromatic rings. The molecular weight excluding hydrogens is 272 g/mol. The predicted octanol–water partition coefficient (Wildman–Crippen LogP) is 2.99. The molecule has 0 aromatic heterocycles. The van der Waals surface area contributed by atoms with Crippen molar-refractivity contribution < 1.29 is 4.79 Å². The summed E-state index contributed by atoms with van der Waals surface area (Å²) in [7, 11) is 0. The van der Waals surface area contributed by atoms with Crippen molar-refractivity contribution in [2.75, 3.05) is 19.6 Å². The third kappa shape index (κ3) is 6.40. The van der Waals surface area contributed by atoms with E-state index in [1.165, 1.54) is 25.7 Å². The number of benzene rings is 1.